The lowest BCUT2D eigenvalue weighted by atomic mass is 9.72. The molecule has 1 amide bonds. The van der Waals surface area contributed by atoms with Crippen molar-refractivity contribution in [2.75, 3.05) is 75.8 Å². The first-order chi connectivity index (χ1) is 32.8. The number of fused-ring (bicyclic) bond motifs is 2. The highest BCUT2D eigenvalue weighted by molar-refractivity contribution is 7.90. The number of carboxylic acids is 1. The van der Waals surface area contributed by atoms with Gasteiger partial charge in [0.15, 0.2) is 5.65 Å². The molecule has 0 bridgehead atoms. The van der Waals surface area contributed by atoms with Crippen LogP contribution in [0.15, 0.2) is 95.7 Å². The lowest BCUT2D eigenvalue weighted by Crippen LogP contribution is -2.47. The second-order valence-electron chi connectivity index (χ2n) is 19.6. The van der Waals surface area contributed by atoms with Crippen molar-refractivity contribution in [3.8, 4) is 5.69 Å². The van der Waals surface area contributed by atoms with Crippen LogP contribution < -0.4 is 14.9 Å². The van der Waals surface area contributed by atoms with Gasteiger partial charge in [0.2, 0.25) is 0 Å². The van der Waals surface area contributed by atoms with Gasteiger partial charge in [-0.2, -0.15) is 0 Å². The van der Waals surface area contributed by atoms with Gasteiger partial charge in [-0.3, -0.25) is 24.4 Å². The van der Waals surface area contributed by atoms with E-state index in [4.69, 9.17) is 21.3 Å². The Morgan fingerprint density at radius 1 is 0.941 bits per heavy atom. The predicted molar refractivity (Wildman–Crippen MR) is 265 cm³/mol. The number of hydrogen-bond donors (Lipinski definition) is 4. The lowest BCUT2D eigenvalue weighted by molar-refractivity contribution is 0.0697. The van der Waals surface area contributed by atoms with Gasteiger partial charge in [0.05, 0.1) is 33.8 Å². The number of H-pyrrole nitrogens is 1. The number of aromatic nitrogens is 4. The minimum atomic E-state index is -4.53. The van der Waals surface area contributed by atoms with Crippen LogP contribution in [0.2, 0.25) is 5.02 Å². The smallest absolute Gasteiger partial charge is 0.337 e. The Labute approximate surface area is 401 Å². The van der Waals surface area contributed by atoms with E-state index in [1.807, 2.05) is 36.4 Å². The highest BCUT2D eigenvalue weighted by Crippen LogP contribution is 2.43. The van der Waals surface area contributed by atoms with E-state index in [9.17, 15) is 23.1 Å². The molecule has 3 aromatic heterocycles. The predicted octanol–water partition coefficient (Wildman–Crippen LogP) is 8.07. The van der Waals surface area contributed by atoms with Crippen LogP contribution in [0.5, 0.6) is 0 Å². The summed E-state index contributed by atoms with van der Waals surface area (Å²) in [5.74, 6) is -1.81. The number of anilines is 2. The number of piperazine rings is 1. The van der Waals surface area contributed by atoms with Gasteiger partial charge in [-0.15, -0.1) is 0 Å². The first kappa shape index (κ1) is 46.0. The third-order valence-corrected chi connectivity index (χ3v) is 16.1. The number of benzene rings is 3. The van der Waals surface area contributed by atoms with E-state index in [0.717, 1.165) is 120 Å². The first-order valence-electron chi connectivity index (χ1n) is 23.7. The zero-order valence-corrected chi connectivity index (χ0v) is 40.1. The monoisotopic (exact) mass is 959 g/mol. The molecule has 6 heterocycles. The van der Waals surface area contributed by atoms with E-state index < -0.39 is 21.9 Å². The van der Waals surface area contributed by atoms with Crippen LogP contribution >= 0.6 is 11.6 Å². The second kappa shape index (κ2) is 19.0. The summed E-state index contributed by atoms with van der Waals surface area (Å²) in [7, 11) is -4.53. The Balaban J connectivity index is 0.875. The summed E-state index contributed by atoms with van der Waals surface area (Å²) >= 11 is 6.27. The number of aromatic carboxylic acids is 1. The van der Waals surface area contributed by atoms with Crippen molar-refractivity contribution in [2.24, 2.45) is 11.3 Å². The molecule has 0 saturated carbocycles. The molecule has 4 N–H and O–H groups in total. The van der Waals surface area contributed by atoms with Crippen LogP contribution in [0.4, 0.5) is 11.4 Å². The van der Waals surface area contributed by atoms with Gasteiger partial charge < -0.3 is 20.1 Å². The highest BCUT2D eigenvalue weighted by atomic mass is 35.5. The molecule has 15 nitrogen and oxygen atoms in total. The number of ether oxygens (including phenoxy) is 1. The minimum Gasteiger partial charge on any atom is -0.478 e. The number of carboxylic acid groups (broad SMARTS) is 1. The molecule has 3 saturated heterocycles. The number of aromatic amines is 1. The molecule has 0 radical (unpaired) electrons. The summed E-state index contributed by atoms with van der Waals surface area (Å²) in [6, 6.07) is 21.8. The van der Waals surface area contributed by atoms with Crippen LogP contribution in [0, 0.1) is 11.3 Å². The van der Waals surface area contributed by atoms with Gasteiger partial charge in [0, 0.05) is 86.1 Å². The zero-order chi connectivity index (χ0) is 47.2. The van der Waals surface area contributed by atoms with Crippen molar-refractivity contribution in [1.82, 2.24) is 34.3 Å². The fourth-order valence-electron chi connectivity index (χ4n) is 10.5. The minimum absolute atomic E-state index is 0.0931. The van der Waals surface area contributed by atoms with Gasteiger partial charge in [-0.1, -0.05) is 43.2 Å². The topological polar surface area (TPSA) is 178 Å². The van der Waals surface area contributed by atoms with E-state index in [1.165, 1.54) is 28.8 Å². The Hall–Kier alpha value is -5.78. The number of halogens is 1. The van der Waals surface area contributed by atoms with Gasteiger partial charge in [-0.05, 0) is 135 Å². The fraction of sp³-hybridized carbons (Fsp3) is 0.412. The van der Waals surface area contributed by atoms with Crippen molar-refractivity contribution in [3.63, 3.8) is 0 Å². The van der Waals surface area contributed by atoms with E-state index >= 15 is 0 Å². The molecule has 1 aliphatic carbocycles. The molecule has 68 heavy (non-hydrogen) atoms. The summed E-state index contributed by atoms with van der Waals surface area (Å²) in [5, 5.41) is 18.3. The number of nitrogens with zero attached hydrogens (tertiary/aromatic N) is 6. The lowest BCUT2D eigenvalue weighted by Gasteiger charge is -2.39. The average Bonchev–Trinajstić information content (AvgIpc) is 4.13. The number of likely N-dealkylation sites (tertiary alicyclic amines) is 1. The Morgan fingerprint density at radius 3 is 2.49 bits per heavy atom. The van der Waals surface area contributed by atoms with Gasteiger partial charge in [0.25, 0.3) is 15.9 Å². The van der Waals surface area contributed by atoms with Crippen molar-refractivity contribution in [3.05, 3.63) is 112 Å². The SMILES string of the molecule is CC1(C)CCC(CN2CCN(c3ccc(C(=O)NS(=O)(=O)c4ccc(NCC5CCN(C6CCOC6)CC5)c(C(=O)O)c4)c(-n4[nH]cc5nc6nccc6cc54)c3)CC2)=C(c2ccc(Cl)cc2)C1. The summed E-state index contributed by atoms with van der Waals surface area (Å²) in [4.78, 5) is 42.9. The fourth-order valence-corrected chi connectivity index (χ4v) is 11.6. The van der Waals surface area contributed by atoms with E-state index in [-0.39, 0.29) is 21.4 Å². The molecule has 17 heteroatoms. The molecular weight excluding hydrogens is 902 g/mol. The van der Waals surface area contributed by atoms with Crippen LogP contribution in [0.3, 0.4) is 0 Å². The number of nitrogens with one attached hydrogen (secondary N) is 3. The average molecular weight is 961 g/mol. The maximum atomic E-state index is 14.3. The number of amides is 1. The quantitative estimate of drug-likeness (QED) is 0.0877. The summed E-state index contributed by atoms with van der Waals surface area (Å²) in [6.07, 6.45) is 9.62. The third kappa shape index (κ3) is 9.74. The van der Waals surface area contributed by atoms with Crippen molar-refractivity contribution >= 4 is 72.5 Å². The van der Waals surface area contributed by atoms with Crippen LogP contribution in [0.25, 0.3) is 33.3 Å². The van der Waals surface area contributed by atoms with E-state index in [1.54, 1.807) is 23.1 Å². The third-order valence-electron chi connectivity index (χ3n) is 14.5. The standard InChI is InChI=1S/C51H58ClN9O6S/c1-51(2)16-11-36(43(28-51)34-3-5-37(52)6-4-34)31-58-20-22-60(23-21-58)38-7-9-41(46(26-38)61-47-25-35-12-17-53-48(35)56-45(47)30-55-61)49(62)57-68(65,66)40-8-10-44(42(27-40)50(63)64)54-29-33-13-18-59(19-14-33)39-15-24-67-32-39/h3-10,12,17,25-27,30,33,39,54-55H,11,13-16,18-24,28-29,31-32H2,1-2H3,(H,57,62)(H,63,64). The number of allylic oxidation sites excluding steroid dienone is 1. The first-order valence-corrected chi connectivity index (χ1v) is 25.5. The van der Waals surface area contributed by atoms with Gasteiger partial charge in [0.1, 0.15) is 5.52 Å². The highest BCUT2D eigenvalue weighted by Gasteiger charge is 2.32. The van der Waals surface area contributed by atoms with E-state index in [0.29, 0.717) is 46.6 Å². The molecule has 0 spiro atoms. The van der Waals surface area contributed by atoms with E-state index in [2.05, 4.69) is 60.8 Å². The number of carbonyl (C=O) groups is 2. The van der Waals surface area contributed by atoms with Crippen LogP contribution in [-0.4, -0.2) is 127 Å². The summed E-state index contributed by atoms with van der Waals surface area (Å²) in [5.41, 5.74) is 7.77. The number of rotatable bonds is 13. The Kier molecular flexibility index (Phi) is 12.8. The largest absolute Gasteiger partial charge is 0.478 e. The number of piperidine rings is 1. The zero-order valence-electron chi connectivity index (χ0n) is 38.5. The molecule has 6 aromatic rings. The van der Waals surface area contributed by atoms with Gasteiger partial charge >= 0.3 is 5.97 Å². The number of sulfonamides is 1. The normalized spacial score (nSPS) is 19.8. The second-order valence-corrected chi connectivity index (χ2v) is 21.7. The molecule has 3 aliphatic heterocycles. The molecule has 10 rings (SSSR count). The van der Waals surface area contributed by atoms with Crippen LogP contribution in [0.1, 0.15) is 78.7 Å². The molecule has 1 unspecified atom stereocenters. The Bertz CT molecular complexity index is 3000. The molecule has 356 valence electrons. The maximum Gasteiger partial charge on any atom is 0.337 e. The molecule has 4 aliphatic rings. The Morgan fingerprint density at radius 2 is 1.74 bits per heavy atom. The number of pyridine rings is 1. The van der Waals surface area contributed by atoms with Crippen molar-refractivity contribution in [2.45, 2.75) is 63.3 Å². The molecule has 3 fully saturated rings. The van der Waals surface area contributed by atoms with Crippen LogP contribution in [-0.2, 0) is 14.8 Å². The summed E-state index contributed by atoms with van der Waals surface area (Å²) in [6.45, 7) is 12.8. The summed E-state index contributed by atoms with van der Waals surface area (Å²) < 4.78 is 37.6. The van der Waals surface area contributed by atoms with Crippen molar-refractivity contribution in [1.29, 1.82) is 0 Å². The van der Waals surface area contributed by atoms with Crippen molar-refractivity contribution < 1.29 is 27.9 Å². The molecule has 3 aromatic carbocycles. The molecule has 1 atom stereocenters. The molecular formula is C51H58ClN9O6S. The van der Waals surface area contributed by atoms with Gasteiger partial charge in [-0.25, -0.2) is 27.9 Å². The number of hydrogen-bond acceptors (Lipinski definition) is 11. The maximum absolute atomic E-state index is 14.3. The number of carbonyl (C=O) groups excluding carboxylic acids is 1.